The molecule has 1 fully saturated rings. The molecular formula is C18H29F3O4. The normalized spacial score (nSPS) is 24.8. The van der Waals surface area contributed by atoms with Crippen molar-refractivity contribution in [1.82, 2.24) is 0 Å². The van der Waals surface area contributed by atoms with E-state index in [9.17, 15) is 23.1 Å². The van der Waals surface area contributed by atoms with E-state index < -0.39 is 35.6 Å². The molecule has 25 heavy (non-hydrogen) atoms. The summed E-state index contributed by atoms with van der Waals surface area (Å²) in [5.41, 5.74) is -3.58. The van der Waals surface area contributed by atoms with E-state index in [1.54, 1.807) is 6.92 Å². The van der Waals surface area contributed by atoms with Gasteiger partial charge in [-0.05, 0) is 46.5 Å². The number of hydrogen-bond donors (Lipinski definition) is 1. The molecule has 146 valence electrons. The van der Waals surface area contributed by atoms with Gasteiger partial charge >= 0.3 is 12.1 Å². The Labute approximate surface area is 147 Å². The van der Waals surface area contributed by atoms with Gasteiger partial charge in [-0.2, -0.15) is 13.2 Å². The van der Waals surface area contributed by atoms with Crippen molar-refractivity contribution in [1.29, 1.82) is 0 Å². The van der Waals surface area contributed by atoms with Gasteiger partial charge in [-0.3, -0.25) is 0 Å². The molecule has 1 aliphatic rings. The van der Waals surface area contributed by atoms with Gasteiger partial charge in [0, 0.05) is 11.5 Å². The first-order chi connectivity index (χ1) is 11.3. The minimum absolute atomic E-state index is 0.211. The van der Waals surface area contributed by atoms with E-state index in [1.165, 1.54) is 6.92 Å². The van der Waals surface area contributed by atoms with E-state index >= 15 is 0 Å². The highest BCUT2D eigenvalue weighted by molar-refractivity contribution is 5.87. The minimum atomic E-state index is -4.80. The number of carbonyl (C=O) groups excluding carboxylic acids is 1. The van der Waals surface area contributed by atoms with Gasteiger partial charge in [-0.25, -0.2) is 4.79 Å². The van der Waals surface area contributed by atoms with Crippen LogP contribution in [0.2, 0.25) is 0 Å². The number of aliphatic hydroxyl groups is 1. The van der Waals surface area contributed by atoms with Crippen molar-refractivity contribution in [2.45, 2.75) is 89.9 Å². The van der Waals surface area contributed by atoms with Crippen molar-refractivity contribution in [3.8, 4) is 0 Å². The standard InChI is InChI=1S/C18H29F3O4/c1-7-17(8-2,25-12(5)16(6,23)18(19,20)21)13-9-10-14(13)24-15(22)11(3)4/h12-14,23H,3,7-10H2,1-2,4-6H3. The summed E-state index contributed by atoms with van der Waals surface area (Å²) in [6, 6.07) is 0. The van der Waals surface area contributed by atoms with Crippen molar-refractivity contribution in [2.75, 3.05) is 0 Å². The average molecular weight is 366 g/mol. The number of hydrogen-bond acceptors (Lipinski definition) is 4. The number of ether oxygens (including phenoxy) is 2. The maximum Gasteiger partial charge on any atom is 0.419 e. The van der Waals surface area contributed by atoms with Crippen molar-refractivity contribution in [2.24, 2.45) is 5.92 Å². The van der Waals surface area contributed by atoms with Gasteiger partial charge in [0.15, 0.2) is 5.60 Å². The predicted molar refractivity (Wildman–Crippen MR) is 88.0 cm³/mol. The molecule has 1 rings (SSSR count). The Hall–Kier alpha value is -1.08. The molecule has 1 saturated carbocycles. The number of rotatable bonds is 8. The molecule has 0 radical (unpaired) electrons. The zero-order chi connectivity index (χ0) is 19.6. The van der Waals surface area contributed by atoms with Crippen LogP contribution in [0.25, 0.3) is 0 Å². The third kappa shape index (κ3) is 4.37. The molecule has 0 bridgehead atoms. The van der Waals surface area contributed by atoms with Crippen LogP contribution in [0, 0.1) is 5.92 Å². The number of carbonyl (C=O) groups is 1. The van der Waals surface area contributed by atoms with Crippen LogP contribution in [-0.4, -0.2) is 40.7 Å². The van der Waals surface area contributed by atoms with Crippen LogP contribution >= 0.6 is 0 Å². The summed E-state index contributed by atoms with van der Waals surface area (Å²) in [4.78, 5) is 11.8. The first kappa shape index (κ1) is 22.0. The zero-order valence-electron chi connectivity index (χ0n) is 15.6. The van der Waals surface area contributed by atoms with Crippen LogP contribution in [0.15, 0.2) is 12.2 Å². The molecule has 4 nitrogen and oxygen atoms in total. The fourth-order valence-electron chi connectivity index (χ4n) is 3.18. The SMILES string of the molecule is C=C(C)C(=O)OC1CCC1C(CC)(CC)OC(C)C(C)(O)C(F)(F)F. The van der Waals surface area contributed by atoms with Crippen LogP contribution < -0.4 is 0 Å². The highest BCUT2D eigenvalue weighted by Crippen LogP contribution is 2.47. The molecule has 0 spiro atoms. The molecule has 7 heteroatoms. The smallest absolute Gasteiger partial charge is 0.419 e. The van der Waals surface area contributed by atoms with E-state index in [1.807, 2.05) is 13.8 Å². The summed E-state index contributed by atoms with van der Waals surface area (Å²) < 4.78 is 50.5. The Morgan fingerprint density at radius 3 is 2.12 bits per heavy atom. The summed E-state index contributed by atoms with van der Waals surface area (Å²) in [6.45, 7) is 10.7. The number of esters is 1. The van der Waals surface area contributed by atoms with Crippen molar-refractivity contribution in [3.63, 3.8) is 0 Å². The van der Waals surface area contributed by atoms with Crippen molar-refractivity contribution in [3.05, 3.63) is 12.2 Å². The highest BCUT2D eigenvalue weighted by atomic mass is 19.4. The molecular weight excluding hydrogens is 337 g/mol. The summed E-state index contributed by atoms with van der Waals surface area (Å²) in [5.74, 6) is -0.719. The quantitative estimate of drug-likeness (QED) is 0.518. The summed E-state index contributed by atoms with van der Waals surface area (Å²) >= 11 is 0. The lowest BCUT2D eigenvalue weighted by Gasteiger charge is -2.51. The Balaban J connectivity index is 2.97. The van der Waals surface area contributed by atoms with Gasteiger partial charge in [0.1, 0.15) is 6.10 Å². The molecule has 0 aromatic carbocycles. The maximum absolute atomic E-state index is 13.1. The number of halogens is 3. The van der Waals surface area contributed by atoms with Gasteiger partial charge in [0.2, 0.25) is 0 Å². The summed E-state index contributed by atoms with van der Waals surface area (Å²) in [6.07, 6.45) is -4.43. The molecule has 0 aromatic heterocycles. The minimum Gasteiger partial charge on any atom is -0.459 e. The maximum atomic E-state index is 13.1. The average Bonchev–Trinajstić information content (AvgIpc) is 2.48. The predicted octanol–water partition coefficient (Wildman–Crippen LogP) is 4.16. The van der Waals surface area contributed by atoms with Gasteiger partial charge < -0.3 is 14.6 Å². The van der Waals surface area contributed by atoms with E-state index in [4.69, 9.17) is 9.47 Å². The van der Waals surface area contributed by atoms with Crippen molar-refractivity contribution < 1.29 is 32.5 Å². The second kappa shape index (κ2) is 7.66. The van der Waals surface area contributed by atoms with Crippen LogP contribution in [-0.2, 0) is 14.3 Å². The third-order valence-corrected chi connectivity index (χ3v) is 5.47. The first-order valence-electron chi connectivity index (χ1n) is 8.65. The van der Waals surface area contributed by atoms with Crippen LogP contribution in [0.3, 0.4) is 0 Å². The van der Waals surface area contributed by atoms with E-state index in [0.717, 1.165) is 0 Å². The Kier molecular flexibility index (Phi) is 6.73. The van der Waals surface area contributed by atoms with E-state index in [0.29, 0.717) is 32.6 Å². The van der Waals surface area contributed by atoms with Crippen LogP contribution in [0.4, 0.5) is 13.2 Å². The zero-order valence-corrected chi connectivity index (χ0v) is 15.6. The summed E-state index contributed by atoms with van der Waals surface area (Å²) in [5, 5.41) is 9.88. The molecule has 0 aromatic rings. The lowest BCUT2D eigenvalue weighted by Crippen LogP contribution is -2.59. The highest BCUT2D eigenvalue weighted by Gasteiger charge is 2.57. The van der Waals surface area contributed by atoms with Crippen molar-refractivity contribution >= 4 is 5.97 Å². The molecule has 0 heterocycles. The Bertz CT molecular complexity index is 495. The van der Waals surface area contributed by atoms with E-state index in [2.05, 4.69) is 6.58 Å². The molecule has 4 atom stereocenters. The summed E-state index contributed by atoms with van der Waals surface area (Å²) in [7, 11) is 0. The fraction of sp³-hybridized carbons (Fsp3) is 0.833. The lowest BCUT2D eigenvalue weighted by molar-refractivity contribution is -0.309. The Morgan fingerprint density at radius 1 is 1.28 bits per heavy atom. The lowest BCUT2D eigenvalue weighted by atomic mass is 9.67. The van der Waals surface area contributed by atoms with Gasteiger partial charge in [-0.1, -0.05) is 20.4 Å². The third-order valence-electron chi connectivity index (χ3n) is 5.47. The molecule has 0 aliphatic heterocycles. The van der Waals surface area contributed by atoms with Crippen LogP contribution in [0.1, 0.15) is 60.3 Å². The molecule has 0 amide bonds. The van der Waals surface area contributed by atoms with Gasteiger partial charge in [0.25, 0.3) is 0 Å². The first-order valence-corrected chi connectivity index (χ1v) is 8.65. The fourth-order valence-corrected chi connectivity index (χ4v) is 3.18. The Morgan fingerprint density at radius 2 is 1.80 bits per heavy atom. The molecule has 0 saturated heterocycles. The monoisotopic (exact) mass is 366 g/mol. The second-order valence-corrected chi connectivity index (χ2v) is 7.09. The van der Waals surface area contributed by atoms with Gasteiger partial charge in [-0.15, -0.1) is 0 Å². The van der Waals surface area contributed by atoms with E-state index in [-0.39, 0.29) is 11.5 Å². The molecule has 1 N–H and O–H groups in total. The number of alkyl halides is 3. The largest absolute Gasteiger partial charge is 0.459 e. The topological polar surface area (TPSA) is 55.8 Å². The van der Waals surface area contributed by atoms with Crippen LogP contribution in [0.5, 0.6) is 0 Å². The van der Waals surface area contributed by atoms with Gasteiger partial charge in [0.05, 0.1) is 11.7 Å². The second-order valence-electron chi connectivity index (χ2n) is 7.09. The molecule has 1 aliphatic carbocycles. The molecule has 4 unspecified atom stereocenters.